The third-order valence-electron chi connectivity index (χ3n) is 2.72. The molecule has 1 aromatic carbocycles. The van der Waals surface area contributed by atoms with Gasteiger partial charge in [-0.2, -0.15) is 0 Å². The zero-order valence-electron chi connectivity index (χ0n) is 9.03. The average molecular weight is 252 g/mol. The van der Waals surface area contributed by atoms with Gasteiger partial charge in [0.05, 0.1) is 10.7 Å². The Morgan fingerprint density at radius 1 is 1.41 bits per heavy atom. The van der Waals surface area contributed by atoms with E-state index in [0.29, 0.717) is 11.1 Å². The highest BCUT2D eigenvalue weighted by Crippen LogP contribution is 2.28. The Morgan fingerprint density at radius 2 is 2.24 bits per heavy atom. The van der Waals surface area contributed by atoms with E-state index in [1.807, 2.05) is 10.8 Å². The number of halogens is 2. The molecule has 2 aromatic rings. The van der Waals surface area contributed by atoms with E-state index < -0.39 is 0 Å². The minimum atomic E-state index is -0.337. The number of rotatable bonds is 3. The van der Waals surface area contributed by atoms with Crippen molar-refractivity contribution in [2.75, 3.05) is 5.32 Å². The summed E-state index contributed by atoms with van der Waals surface area (Å²) >= 11 is 6.03. The number of nitrogens with one attached hydrogen (secondary N) is 1. The van der Waals surface area contributed by atoms with Crippen molar-refractivity contribution in [2.45, 2.75) is 18.9 Å². The standard InChI is InChI=1S/C12H11ClFN3/c13-10-7-8(14)1-4-11(10)17-6-5-15-12(17)16-9-2-3-9/h1,4-7,9H,2-3H2,(H,15,16). The summed E-state index contributed by atoms with van der Waals surface area (Å²) in [6.45, 7) is 0. The lowest BCUT2D eigenvalue weighted by Gasteiger charge is -2.10. The average Bonchev–Trinajstić information content (AvgIpc) is 2.97. The molecule has 0 unspecified atom stereocenters. The lowest BCUT2D eigenvalue weighted by molar-refractivity contribution is 0.627. The number of hydrogen-bond acceptors (Lipinski definition) is 2. The van der Waals surface area contributed by atoms with Crippen LogP contribution in [-0.4, -0.2) is 15.6 Å². The summed E-state index contributed by atoms with van der Waals surface area (Å²) in [5.74, 6) is 0.413. The molecule has 1 saturated carbocycles. The molecular weight excluding hydrogens is 241 g/mol. The lowest BCUT2D eigenvalue weighted by Crippen LogP contribution is -2.08. The molecule has 0 bridgehead atoms. The molecule has 1 aliphatic carbocycles. The number of imidazole rings is 1. The fourth-order valence-corrected chi connectivity index (χ4v) is 1.95. The summed E-state index contributed by atoms with van der Waals surface area (Å²) in [5.41, 5.74) is 0.730. The highest BCUT2D eigenvalue weighted by Gasteiger charge is 2.23. The van der Waals surface area contributed by atoms with E-state index in [1.165, 1.54) is 25.0 Å². The van der Waals surface area contributed by atoms with Crippen molar-refractivity contribution in [3.63, 3.8) is 0 Å². The van der Waals surface area contributed by atoms with Crippen LogP contribution >= 0.6 is 11.6 Å². The van der Waals surface area contributed by atoms with Gasteiger partial charge in [0, 0.05) is 18.4 Å². The molecule has 3 nitrogen and oxygen atoms in total. The summed E-state index contributed by atoms with van der Waals surface area (Å²) in [5, 5.41) is 3.68. The minimum Gasteiger partial charge on any atom is -0.353 e. The summed E-state index contributed by atoms with van der Waals surface area (Å²) in [6.07, 6.45) is 5.85. The lowest BCUT2D eigenvalue weighted by atomic mass is 10.3. The van der Waals surface area contributed by atoms with Crippen LogP contribution in [0, 0.1) is 5.82 Å². The van der Waals surface area contributed by atoms with Crippen LogP contribution in [0.5, 0.6) is 0 Å². The van der Waals surface area contributed by atoms with Gasteiger partial charge in [0.1, 0.15) is 5.82 Å². The molecule has 17 heavy (non-hydrogen) atoms. The molecule has 5 heteroatoms. The predicted octanol–water partition coefficient (Wildman–Crippen LogP) is 3.24. The van der Waals surface area contributed by atoms with E-state index in [1.54, 1.807) is 12.3 Å². The molecule has 1 N–H and O–H groups in total. The fourth-order valence-electron chi connectivity index (χ4n) is 1.69. The Labute approximate surface area is 103 Å². The SMILES string of the molecule is Fc1ccc(-n2ccnc2NC2CC2)c(Cl)c1. The van der Waals surface area contributed by atoms with Crippen LogP contribution in [0.3, 0.4) is 0 Å². The smallest absolute Gasteiger partial charge is 0.207 e. The maximum absolute atomic E-state index is 13.0. The van der Waals surface area contributed by atoms with Gasteiger partial charge in [0.25, 0.3) is 0 Å². The van der Waals surface area contributed by atoms with Crippen molar-refractivity contribution in [3.8, 4) is 5.69 Å². The van der Waals surface area contributed by atoms with Crippen LogP contribution in [0.15, 0.2) is 30.6 Å². The Balaban J connectivity index is 1.99. The predicted molar refractivity (Wildman–Crippen MR) is 65.2 cm³/mol. The zero-order valence-corrected chi connectivity index (χ0v) is 9.78. The molecule has 1 fully saturated rings. The monoisotopic (exact) mass is 251 g/mol. The third kappa shape index (κ3) is 2.13. The van der Waals surface area contributed by atoms with Gasteiger partial charge in [-0.15, -0.1) is 0 Å². The second-order valence-electron chi connectivity index (χ2n) is 4.14. The highest BCUT2D eigenvalue weighted by molar-refractivity contribution is 6.32. The maximum Gasteiger partial charge on any atom is 0.207 e. The van der Waals surface area contributed by atoms with Gasteiger partial charge < -0.3 is 5.32 Å². The first kappa shape index (κ1) is 10.6. The zero-order chi connectivity index (χ0) is 11.8. The van der Waals surface area contributed by atoms with Gasteiger partial charge in [-0.3, -0.25) is 4.57 Å². The van der Waals surface area contributed by atoms with Crippen molar-refractivity contribution in [3.05, 3.63) is 41.4 Å². The quantitative estimate of drug-likeness (QED) is 0.908. The van der Waals surface area contributed by atoms with Crippen molar-refractivity contribution in [2.24, 2.45) is 0 Å². The molecular formula is C12H11ClFN3. The van der Waals surface area contributed by atoms with E-state index in [-0.39, 0.29) is 5.82 Å². The van der Waals surface area contributed by atoms with Crippen molar-refractivity contribution < 1.29 is 4.39 Å². The molecule has 0 aliphatic heterocycles. The molecule has 1 heterocycles. The Kier molecular flexibility index (Phi) is 2.52. The first-order valence-corrected chi connectivity index (χ1v) is 5.87. The number of nitrogens with zero attached hydrogens (tertiary/aromatic N) is 2. The van der Waals surface area contributed by atoms with Gasteiger partial charge in [-0.1, -0.05) is 11.6 Å². The summed E-state index contributed by atoms with van der Waals surface area (Å²) in [6, 6.07) is 4.85. The summed E-state index contributed by atoms with van der Waals surface area (Å²) in [4.78, 5) is 4.24. The molecule has 88 valence electrons. The first-order valence-electron chi connectivity index (χ1n) is 5.49. The number of anilines is 1. The van der Waals surface area contributed by atoms with Crippen molar-refractivity contribution >= 4 is 17.5 Å². The summed E-state index contributed by atoms with van der Waals surface area (Å²) in [7, 11) is 0. The van der Waals surface area contributed by atoms with E-state index in [0.717, 1.165) is 11.6 Å². The number of aromatic nitrogens is 2. The van der Waals surface area contributed by atoms with Crippen LogP contribution in [0.1, 0.15) is 12.8 Å². The van der Waals surface area contributed by atoms with Crippen LogP contribution < -0.4 is 5.32 Å². The largest absolute Gasteiger partial charge is 0.353 e. The van der Waals surface area contributed by atoms with Crippen molar-refractivity contribution in [1.29, 1.82) is 0 Å². The van der Waals surface area contributed by atoms with E-state index >= 15 is 0 Å². The molecule has 1 aromatic heterocycles. The third-order valence-corrected chi connectivity index (χ3v) is 3.02. The highest BCUT2D eigenvalue weighted by atomic mass is 35.5. The molecule has 1 aliphatic rings. The Bertz CT molecular complexity index is 548. The number of benzene rings is 1. The van der Waals surface area contributed by atoms with Gasteiger partial charge in [0.15, 0.2) is 0 Å². The molecule has 0 radical (unpaired) electrons. The molecule has 0 atom stereocenters. The maximum atomic E-state index is 13.0. The molecule has 3 rings (SSSR count). The number of hydrogen-bond donors (Lipinski definition) is 1. The topological polar surface area (TPSA) is 29.9 Å². The van der Waals surface area contributed by atoms with Gasteiger partial charge >= 0.3 is 0 Å². The Hall–Kier alpha value is -1.55. The van der Waals surface area contributed by atoms with Crippen LogP contribution in [-0.2, 0) is 0 Å². The normalized spacial score (nSPS) is 14.9. The van der Waals surface area contributed by atoms with Gasteiger partial charge in [-0.25, -0.2) is 9.37 Å². The Morgan fingerprint density at radius 3 is 2.94 bits per heavy atom. The first-order chi connectivity index (χ1) is 8.24. The van der Waals surface area contributed by atoms with Gasteiger partial charge in [0.2, 0.25) is 5.95 Å². The molecule has 0 amide bonds. The summed E-state index contributed by atoms with van der Waals surface area (Å²) < 4.78 is 14.8. The fraction of sp³-hybridized carbons (Fsp3) is 0.250. The minimum absolute atomic E-state index is 0.337. The van der Waals surface area contributed by atoms with E-state index in [2.05, 4.69) is 10.3 Å². The van der Waals surface area contributed by atoms with Crippen LogP contribution in [0.2, 0.25) is 5.02 Å². The second kappa shape index (κ2) is 4.04. The van der Waals surface area contributed by atoms with Crippen LogP contribution in [0.4, 0.5) is 10.3 Å². The van der Waals surface area contributed by atoms with Crippen LogP contribution in [0.25, 0.3) is 5.69 Å². The van der Waals surface area contributed by atoms with Crippen molar-refractivity contribution in [1.82, 2.24) is 9.55 Å². The van der Waals surface area contributed by atoms with E-state index in [9.17, 15) is 4.39 Å². The molecule has 0 saturated heterocycles. The second-order valence-corrected chi connectivity index (χ2v) is 4.54. The van der Waals surface area contributed by atoms with E-state index in [4.69, 9.17) is 11.6 Å². The van der Waals surface area contributed by atoms with Gasteiger partial charge in [-0.05, 0) is 31.0 Å². The molecule has 0 spiro atoms.